The molecule has 6 heteroatoms. The van der Waals surface area contributed by atoms with E-state index < -0.39 is 15.1 Å². The summed E-state index contributed by atoms with van der Waals surface area (Å²) in [6.07, 6.45) is 0.527. The minimum Gasteiger partial charge on any atom is -0.351 e. The van der Waals surface area contributed by atoms with Crippen molar-refractivity contribution in [2.24, 2.45) is 0 Å². The van der Waals surface area contributed by atoms with Crippen molar-refractivity contribution >= 4 is 15.7 Å². The lowest BCUT2D eigenvalue weighted by molar-refractivity contribution is -0.120. The maximum Gasteiger partial charge on any atom is 0.234 e. The van der Waals surface area contributed by atoms with Gasteiger partial charge in [0.15, 0.2) is 9.84 Å². The van der Waals surface area contributed by atoms with Gasteiger partial charge in [0.1, 0.15) is 0 Å². The second-order valence-electron chi connectivity index (χ2n) is 3.57. The van der Waals surface area contributed by atoms with Crippen LogP contribution >= 0.6 is 0 Å². The fraction of sp³-hybridized carbons (Fsp3) is 0.875. The van der Waals surface area contributed by atoms with E-state index in [0.717, 1.165) is 0 Å². The smallest absolute Gasteiger partial charge is 0.234 e. The Kier molecular flexibility index (Phi) is 3.49. The van der Waals surface area contributed by atoms with E-state index in [4.69, 9.17) is 0 Å². The maximum atomic E-state index is 11.3. The second kappa shape index (κ2) is 4.27. The fourth-order valence-electron chi connectivity index (χ4n) is 1.57. The number of carbonyl (C=O) groups is 1. The molecule has 0 aromatic heterocycles. The van der Waals surface area contributed by atoms with Crippen molar-refractivity contribution in [1.82, 2.24) is 10.6 Å². The summed E-state index contributed by atoms with van der Waals surface area (Å²) in [6, 6.07) is -0.221. The maximum absolute atomic E-state index is 11.3. The van der Waals surface area contributed by atoms with Crippen LogP contribution in [0.2, 0.25) is 0 Å². The predicted molar refractivity (Wildman–Crippen MR) is 53.7 cm³/mol. The van der Waals surface area contributed by atoms with E-state index >= 15 is 0 Å². The number of hydrogen-bond acceptors (Lipinski definition) is 4. The second-order valence-corrected chi connectivity index (χ2v) is 6.04. The minimum absolute atomic E-state index is 0.151. The Balaban J connectivity index is 2.53. The third kappa shape index (κ3) is 2.45. The largest absolute Gasteiger partial charge is 0.351 e. The molecular weight excluding hydrogens is 204 g/mol. The first-order valence-electron chi connectivity index (χ1n) is 4.63. The molecule has 1 amide bonds. The first kappa shape index (κ1) is 11.5. The molecule has 1 saturated heterocycles. The summed E-state index contributed by atoms with van der Waals surface area (Å²) in [7, 11) is -1.29. The van der Waals surface area contributed by atoms with Crippen molar-refractivity contribution in [3.8, 4) is 0 Å². The summed E-state index contributed by atoms with van der Waals surface area (Å²) in [6.45, 7) is 1.87. The number of nitrogens with one attached hydrogen (secondary N) is 2. The normalized spacial score (nSPS) is 30.1. The standard InChI is InChI=1S/C8H16N2O3S/c1-6-7(3-4-14(6,12)13)10-8(11)5-9-2/h6-7,9H,3-5H2,1-2H3,(H,10,11). The summed E-state index contributed by atoms with van der Waals surface area (Å²) in [5.74, 6) is 0.0278. The average Bonchev–Trinajstić information content (AvgIpc) is 2.33. The van der Waals surface area contributed by atoms with Gasteiger partial charge in [-0.2, -0.15) is 0 Å². The van der Waals surface area contributed by atoms with Gasteiger partial charge in [-0.1, -0.05) is 0 Å². The van der Waals surface area contributed by atoms with Crippen molar-refractivity contribution in [3.63, 3.8) is 0 Å². The van der Waals surface area contributed by atoms with Gasteiger partial charge < -0.3 is 10.6 Å². The van der Waals surface area contributed by atoms with Crippen LogP contribution in [0.15, 0.2) is 0 Å². The number of hydrogen-bond donors (Lipinski definition) is 2. The van der Waals surface area contributed by atoms with E-state index in [9.17, 15) is 13.2 Å². The van der Waals surface area contributed by atoms with Crippen molar-refractivity contribution in [1.29, 1.82) is 0 Å². The van der Waals surface area contributed by atoms with Gasteiger partial charge in [-0.05, 0) is 20.4 Å². The Bertz CT molecular complexity index is 313. The van der Waals surface area contributed by atoms with E-state index in [0.29, 0.717) is 6.42 Å². The first-order valence-corrected chi connectivity index (χ1v) is 6.34. The molecule has 0 aromatic carbocycles. The van der Waals surface area contributed by atoms with Crippen LogP contribution in [0.5, 0.6) is 0 Å². The Morgan fingerprint density at radius 2 is 2.14 bits per heavy atom. The van der Waals surface area contributed by atoms with Crippen LogP contribution in [0.4, 0.5) is 0 Å². The SMILES string of the molecule is CNCC(=O)NC1CCS(=O)(=O)C1C. The van der Waals surface area contributed by atoms with Gasteiger partial charge in [-0.15, -0.1) is 0 Å². The molecule has 1 fully saturated rings. The highest BCUT2D eigenvalue weighted by Crippen LogP contribution is 2.19. The highest BCUT2D eigenvalue weighted by molar-refractivity contribution is 7.92. The molecule has 5 nitrogen and oxygen atoms in total. The van der Waals surface area contributed by atoms with Crippen LogP contribution in [0, 0.1) is 0 Å². The summed E-state index contributed by atoms with van der Waals surface area (Å²) in [4.78, 5) is 11.2. The highest BCUT2D eigenvalue weighted by Gasteiger charge is 2.37. The lowest BCUT2D eigenvalue weighted by atomic mass is 10.2. The summed E-state index contributed by atoms with van der Waals surface area (Å²) >= 11 is 0. The number of carbonyl (C=O) groups excluding carboxylic acids is 1. The van der Waals surface area contributed by atoms with E-state index in [1.165, 1.54) is 0 Å². The third-order valence-corrected chi connectivity index (χ3v) is 4.80. The summed E-state index contributed by atoms with van der Waals surface area (Å²) < 4.78 is 22.7. The van der Waals surface area contributed by atoms with Gasteiger partial charge in [0, 0.05) is 6.04 Å². The van der Waals surface area contributed by atoms with Crippen LogP contribution in [-0.2, 0) is 14.6 Å². The van der Waals surface area contributed by atoms with Gasteiger partial charge in [0.25, 0.3) is 0 Å². The Morgan fingerprint density at radius 1 is 1.50 bits per heavy atom. The molecule has 0 radical (unpaired) electrons. The monoisotopic (exact) mass is 220 g/mol. The van der Waals surface area contributed by atoms with E-state index in [1.807, 2.05) is 0 Å². The molecular formula is C8H16N2O3S. The number of amides is 1. The predicted octanol–water partition coefficient (Wildman–Crippen LogP) is -1.10. The molecule has 2 unspecified atom stereocenters. The van der Waals surface area contributed by atoms with E-state index in [1.54, 1.807) is 14.0 Å². The van der Waals surface area contributed by atoms with Crippen LogP contribution in [0.1, 0.15) is 13.3 Å². The molecule has 14 heavy (non-hydrogen) atoms. The lowest BCUT2D eigenvalue weighted by Gasteiger charge is -2.15. The number of rotatable bonds is 3. The molecule has 1 heterocycles. The molecule has 1 rings (SSSR count). The molecule has 0 spiro atoms. The van der Waals surface area contributed by atoms with Crippen LogP contribution in [0.3, 0.4) is 0 Å². The molecule has 0 aliphatic carbocycles. The quantitative estimate of drug-likeness (QED) is 0.633. The molecule has 1 aliphatic heterocycles. The van der Waals surface area contributed by atoms with Crippen molar-refractivity contribution in [2.45, 2.75) is 24.6 Å². The Labute approximate surface area is 84.2 Å². The van der Waals surface area contributed by atoms with Gasteiger partial charge in [-0.25, -0.2) is 8.42 Å². The van der Waals surface area contributed by atoms with Gasteiger partial charge in [0.05, 0.1) is 17.5 Å². The molecule has 1 aliphatic rings. The van der Waals surface area contributed by atoms with E-state index in [-0.39, 0.29) is 24.2 Å². The van der Waals surface area contributed by atoms with Crippen LogP contribution < -0.4 is 10.6 Å². The molecule has 0 aromatic rings. The third-order valence-electron chi connectivity index (χ3n) is 2.53. The minimum atomic E-state index is -2.97. The molecule has 2 N–H and O–H groups in total. The van der Waals surface area contributed by atoms with Crippen molar-refractivity contribution in [2.75, 3.05) is 19.3 Å². The molecule has 0 bridgehead atoms. The Hall–Kier alpha value is -0.620. The Morgan fingerprint density at radius 3 is 2.57 bits per heavy atom. The highest BCUT2D eigenvalue weighted by atomic mass is 32.2. The molecule has 0 saturated carbocycles. The topological polar surface area (TPSA) is 75.3 Å². The number of sulfone groups is 1. The lowest BCUT2D eigenvalue weighted by Crippen LogP contribution is -2.43. The first-order chi connectivity index (χ1) is 6.47. The zero-order valence-electron chi connectivity index (χ0n) is 8.41. The van der Waals surface area contributed by atoms with Crippen molar-refractivity contribution in [3.05, 3.63) is 0 Å². The van der Waals surface area contributed by atoms with Gasteiger partial charge in [-0.3, -0.25) is 4.79 Å². The van der Waals surface area contributed by atoms with Crippen molar-refractivity contribution < 1.29 is 13.2 Å². The molecule has 82 valence electrons. The molecule has 2 atom stereocenters. The van der Waals surface area contributed by atoms with E-state index in [2.05, 4.69) is 10.6 Å². The zero-order valence-corrected chi connectivity index (χ0v) is 9.23. The average molecular weight is 220 g/mol. The van der Waals surface area contributed by atoms with Gasteiger partial charge in [0.2, 0.25) is 5.91 Å². The van der Waals surface area contributed by atoms with Crippen LogP contribution in [0.25, 0.3) is 0 Å². The summed E-state index contributed by atoms with van der Waals surface area (Å²) in [5, 5.41) is 4.96. The zero-order chi connectivity index (χ0) is 10.8. The fourth-order valence-corrected chi connectivity index (χ4v) is 3.23. The summed E-state index contributed by atoms with van der Waals surface area (Å²) in [5.41, 5.74) is 0. The number of likely N-dealkylation sites (N-methyl/N-ethyl adjacent to an activating group) is 1. The van der Waals surface area contributed by atoms with Crippen LogP contribution in [-0.4, -0.2) is 45.0 Å². The van der Waals surface area contributed by atoms with Gasteiger partial charge >= 0.3 is 0 Å².